The monoisotopic (exact) mass is 378 g/mol. The highest BCUT2D eigenvalue weighted by Gasteiger charge is 2.15. The summed E-state index contributed by atoms with van der Waals surface area (Å²) in [5, 5.41) is 4.09. The number of rotatable bonds is 5. The number of carbonyl (C=O) groups is 1. The number of amides is 1. The molecule has 0 aliphatic carbocycles. The van der Waals surface area contributed by atoms with Crippen molar-refractivity contribution in [3.8, 4) is 0 Å². The normalized spacial score (nSPS) is 14.4. The molecule has 5 nitrogen and oxygen atoms in total. The number of halogens is 2. The average Bonchev–Trinajstić information content (AvgIpc) is 2.64. The van der Waals surface area contributed by atoms with E-state index < -0.39 is 0 Å². The number of nitrogens with zero attached hydrogens (tertiary/aromatic N) is 3. The van der Waals surface area contributed by atoms with Gasteiger partial charge in [0.15, 0.2) is 0 Å². The molecule has 1 aromatic heterocycles. The van der Waals surface area contributed by atoms with Crippen LogP contribution in [0.3, 0.4) is 0 Å². The highest BCUT2D eigenvalue weighted by atomic mass is 35.5. The van der Waals surface area contributed by atoms with E-state index in [1.54, 1.807) is 18.2 Å². The summed E-state index contributed by atoms with van der Waals surface area (Å²) < 4.78 is 0. The fraction of sp³-hybridized carbons (Fsp3) is 0.389. The van der Waals surface area contributed by atoms with Gasteiger partial charge < -0.3 is 10.2 Å². The molecule has 25 heavy (non-hydrogen) atoms. The summed E-state index contributed by atoms with van der Waals surface area (Å²) in [6, 6.07) is 7.13. The summed E-state index contributed by atoms with van der Waals surface area (Å²) in [6.07, 6.45) is 5.66. The van der Waals surface area contributed by atoms with E-state index in [-0.39, 0.29) is 5.91 Å². The lowest BCUT2D eigenvalue weighted by atomic mass is 10.1. The van der Waals surface area contributed by atoms with E-state index in [9.17, 15) is 4.79 Å². The Morgan fingerprint density at radius 3 is 2.68 bits per heavy atom. The summed E-state index contributed by atoms with van der Waals surface area (Å²) in [5.41, 5.74) is 1.33. The lowest BCUT2D eigenvalue weighted by Gasteiger charge is -2.27. The average molecular weight is 379 g/mol. The molecule has 2 heterocycles. The fourth-order valence-electron chi connectivity index (χ4n) is 2.89. The maximum atomic E-state index is 12.3. The molecule has 0 radical (unpaired) electrons. The Balaban J connectivity index is 1.57. The van der Waals surface area contributed by atoms with Crippen molar-refractivity contribution in [3.63, 3.8) is 0 Å². The quantitative estimate of drug-likeness (QED) is 0.860. The van der Waals surface area contributed by atoms with Gasteiger partial charge in [-0.2, -0.15) is 0 Å². The second kappa shape index (κ2) is 8.50. The molecule has 1 N–H and O–H groups in total. The Bertz CT molecular complexity index is 748. The van der Waals surface area contributed by atoms with Crippen LogP contribution in [0.5, 0.6) is 0 Å². The van der Waals surface area contributed by atoms with Crippen LogP contribution in [0.15, 0.2) is 30.6 Å². The maximum Gasteiger partial charge on any atom is 0.270 e. The predicted octanol–water partition coefficient (Wildman–Crippen LogP) is 3.75. The van der Waals surface area contributed by atoms with E-state index >= 15 is 0 Å². The van der Waals surface area contributed by atoms with Crippen molar-refractivity contribution in [2.24, 2.45) is 0 Å². The van der Waals surface area contributed by atoms with Crippen molar-refractivity contribution in [2.75, 3.05) is 24.5 Å². The summed E-state index contributed by atoms with van der Waals surface area (Å²) in [6.45, 7) is 2.43. The minimum atomic E-state index is -0.203. The Morgan fingerprint density at radius 1 is 1.12 bits per heavy atom. The van der Waals surface area contributed by atoms with Crippen molar-refractivity contribution < 1.29 is 4.79 Å². The van der Waals surface area contributed by atoms with Gasteiger partial charge in [-0.05, 0) is 43.4 Å². The minimum Gasteiger partial charge on any atom is -0.357 e. The number of piperidine rings is 1. The van der Waals surface area contributed by atoms with Gasteiger partial charge in [0.05, 0.1) is 0 Å². The van der Waals surface area contributed by atoms with Gasteiger partial charge in [-0.3, -0.25) is 4.79 Å². The number of hydrogen-bond donors (Lipinski definition) is 1. The van der Waals surface area contributed by atoms with Crippen molar-refractivity contribution in [3.05, 3.63) is 51.9 Å². The molecule has 3 rings (SSSR count). The first-order chi connectivity index (χ1) is 12.1. The second-order valence-electron chi connectivity index (χ2n) is 6.05. The number of hydrogen-bond acceptors (Lipinski definition) is 4. The molecule has 0 saturated carbocycles. The molecule has 1 saturated heterocycles. The first kappa shape index (κ1) is 18.0. The van der Waals surface area contributed by atoms with Crippen LogP contribution in [-0.4, -0.2) is 35.5 Å². The lowest BCUT2D eigenvalue weighted by molar-refractivity contribution is 0.0949. The summed E-state index contributed by atoms with van der Waals surface area (Å²) in [7, 11) is 0. The molecular formula is C18H20Cl2N4O. The van der Waals surface area contributed by atoms with Crippen LogP contribution in [0.25, 0.3) is 0 Å². The fourth-order valence-corrected chi connectivity index (χ4v) is 3.40. The van der Waals surface area contributed by atoms with E-state index in [2.05, 4.69) is 20.2 Å². The van der Waals surface area contributed by atoms with Gasteiger partial charge in [0.1, 0.15) is 17.8 Å². The first-order valence-electron chi connectivity index (χ1n) is 8.42. The highest BCUT2D eigenvalue weighted by Crippen LogP contribution is 2.21. The van der Waals surface area contributed by atoms with E-state index in [4.69, 9.17) is 23.2 Å². The zero-order valence-electron chi connectivity index (χ0n) is 13.8. The zero-order valence-corrected chi connectivity index (χ0v) is 15.4. The van der Waals surface area contributed by atoms with Gasteiger partial charge in [-0.15, -0.1) is 0 Å². The van der Waals surface area contributed by atoms with E-state index in [0.717, 1.165) is 37.3 Å². The van der Waals surface area contributed by atoms with Gasteiger partial charge in [-0.1, -0.05) is 29.3 Å². The van der Waals surface area contributed by atoms with Crippen molar-refractivity contribution in [2.45, 2.75) is 25.7 Å². The Labute approximate surface area is 157 Å². The van der Waals surface area contributed by atoms with Gasteiger partial charge >= 0.3 is 0 Å². The van der Waals surface area contributed by atoms with Crippen LogP contribution in [0, 0.1) is 0 Å². The van der Waals surface area contributed by atoms with Gasteiger partial charge in [0.2, 0.25) is 0 Å². The van der Waals surface area contributed by atoms with Crippen LogP contribution in [0.2, 0.25) is 10.0 Å². The van der Waals surface area contributed by atoms with Crippen molar-refractivity contribution >= 4 is 34.9 Å². The van der Waals surface area contributed by atoms with Gasteiger partial charge in [0, 0.05) is 35.7 Å². The summed E-state index contributed by atoms with van der Waals surface area (Å²) in [5.74, 6) is 0.617. The molecule has 2 aromatic rings. The number of carbonyl (C=O) groups excluding carboxylic acids is 1. The SMILES string of the molecule is O=C(NCCc1ccc(Cl)cc1Cl)c1cc(N2CCCCC2)ncn1. The molecule has 1 aliphatic rings. The second-order valence-corrected chi connectivity index (χ2v) is 6.89. The minimum absolute atomic E-state index is 0.203. The van der Waals surface area contributed by atoms with Crippen LogP contribution >= 0.6 is 23.2 Å². The van der Waals surface area contributed by atoms with E-state index in [1.807, 2.05) is 6.07 Å². The van der Waals surface area contributed by atoms with Gasteiger partial charge in [0.25, 0.3) is 5.91 Å². The van der Waals surface area contributed by atoms with Crippen LogP contribution in [0.4, 0.5) is 5.82 Å². The number of nitrogens with one attached hydrogen (secondary N) is 1. The van der Waals surface area contributed by atoms with Crippen LogP contribution < -0.4 is 10.2 Å². The first-order valence-corrected chi connectivity index (χ1v) is 9.18. The molecule has 1 aromatic carbocycles. The highest BCUT2D eigenvalue weighted by molar-refractivity contribution is 6.35. The number of anilines is 1. The third-order valence-electron chi connectivity index (χ3n) is 4.26. The molecule has 0 bridgehead atoms. The smallest absolute Gasteiger partial charge is 0.270 e. The molecule has 1 amide bonds. The molecule has 1 fully saturated rings. The Kier molecular flexibility index (Phi) is 6.10. The summed E-state index contributed by atoms with van der Waals surface area (Å²) >= 11 is 12.0. The zero-order chi connectivity index (χ0) is 17.6. The third kappa shape index (κ3) is 4.83. The maximum absolute atomic E-state index is 12.3. The molecule has 132 valence electrons. The van der Waals surface area contributed by atoms with E-state index in [1.165, 1.54) is 12.7 Å². The molecule has 0 spiro atoms. The van der Waals surface area contributed by atoms with Crippen LogP contribution in [-0.2, 0) is 6.42 Å². The number of benzene rings is 1. The van der Waals surface area contributed by atoms with Crippen LogP contribution in [0.1, 0.15) is 35.3 Å². The molecule has 7 heteroatoms. The largest absolute Gasteiger partial charge is 0.357 e. The predicted molar refractivity (Wildman–Crippen MR) is 101 cm³/mol. The molecule has 0 unspecified atom stereocenters. The number of aromatic nitrogens is 2. The molecular weight excluding hydrogens is 359 g/mol. The summed E-state index contributed by atoms with van der Waals surface area (Å²) in [4.78, 5) is 22.9. The third-order valence-corrected chi connectivity index (χ3v) is 4.85. The standard InChI is InChI=1S/C18H20Cl2N4O/c19-14-5-4-13(15(20)10-14)6-7-21-18(25)16-11-17(23-12-22-16)24-8-2-1-3-9-24/h4-5,10-12H,1-3,6-9H2,(H,21,25). The molecule has 1 aliphatic heterocycles. The Hall–Kier alpha value is -1.85. The lowest BCUT2D eigenvalue weighted by Crippen LogP contribution is -2.31. The van der Waals surface area contributed by atoms with Crippen molar-refractivity contribution in [1.82, 2.24) is 15.3 Å². The Morgan fingerprint density at radius 2 is 1.92 bits per heavy atom. The van der Waals surface area contributed by atoms with Gasteiger partial charge in [-0.25, -0.2) is 9.97 Å². The van der Waals surface area contributed by atoms with Crippen molar-refractivity contribution in [1.29, 1.82) is 0 Å². The molecule has 0 atom stereocenters. The van der Waals surface area contributed by atoms with E-state index in [0.29, 0.717) is 28.7 Å². The topological polar surface area (TPSA) is 58.1 Å².